The minimum atomic E-state index is -4.81. The number of hydrogen-bond donors (Lipinski definition) is 2. The highest BCUT2D eigenvalue weighted by molar-refractivity contribution is 5.73. The molecule has 3 nitrogen and oxygen atoms in total. The van der Waals surface area contributed by atoms with E-state index in [-0.39, 0.29) is 12.0 Å². The number of benzene rings is 1. The van der Waals surface area contributed by atoms with Gasteiger partial charge in [-0.1, -0.05) is 11.8 Å². The lowest BCUT2D eigenvalue weighted by molar-refractivity contribution is -0.140. The van der Waals surface area contributed by atoms with E-state index in [0.29, 0.717) is 12.1 Å². The highest BCUT2D eigenvalue weighted by Gasteiger charge is 2.34. The normalized spacial score (nSPS) is 12.5. The van der Waals surface area contributed by atoms with E-state index in [2.05, 4.69) is 11.8 Å². The minimum absolute atomic E-state index is 0.0636. The molecule has 0 heterocycles. The van der Waals surface area contributed by atoms with Gasteiger partial charge in [-0.25, -0.2) is 4.39 Å². The van der Waals surface area contributed by atoms with E-state index in [1.165, 1.54) is 0 Å². The van der Waals surface area contributed by atoms with Gasteiger partial charge in [-0.2, -0.15) is 13.2 Å². The summed E-state index contributed by atoms with van der Waals surface area (Å²) in [7, 11) is 0. The Hall–Kier alpha value is -2.07. The number of aliphatic carboxylic acids is 1. The Labute approximate surface area is 106 Å². The summed E-state index contributed by atoms with van der Waals surface area (Å²) in [5.74, 6) is 2.00. The number of rotatable bonds is 2. The first-order valence-corrected chi connectivity index (χ1v) is 5.06. The molecule has 102 valence electrons. The largest absolute Gasteiger partial charge is 0.480 e. The molecule has 0 aliphatic rings. The summed E-state index contributed by atoms with van der Waals surface area (Å²) < 4.78 is 50.2. The van der Waals surface area contributed by atoms with E-state index in [0.717, 1.165) is 6.07 Å². The number of nitrogens with two attached hydrogens (primary N) is 1. The SMILES string of the molecule is N[C@@H](CC#Cc1ccc(F)c(C(F)(F)F)c1)C(=O)O. The number of carbonyl (C=O) groups is 1. The van der Waals surface area contributed by atoms with Gasteiger partial charge in [0.25, 0.3) is 0 Å². The van der Waals surface area contributed by atoms with Crippen LogP contribution in [0.15, 0.2) is 18.2 Å². The van der Waals surface area contributed by atoms with Crippen LogP contribution >= 0.6 is 0 Å². The highest BCUT2D eigenvalue weighted by Crippen LogP contribution is 2.31. The first kappa shape index (κ1) is 15.0. The predicted octanol–water partition coefficient (Wildman–Crippen LogP) is 2.00. The van der Waals surface area contributed by atoms with Gasteiger partial charge in [0.15, 0.2) is 0 Å². The van der Waals surface area contributed by atoms with Crippen LogP contribution in [0.25, 0.3) is 0 Å². The zero-order valence-electron chi connectivity index (χ0n) is 9.46. The Morgan fingerprint density at radius 1 is 1.42 bits per heavy atom. The van der Waals surface area contributed by atoms with E-state index in [1.54, 1.807) is 0 Å². The summed E-state index contributed by atoms with van der Waals surface area (Å²) in [4.78, 5) is 10.4. The first-order valence-electron chi connectivity index (χ1n) is 5.06. The van der Waals surface area contributed by atoms with Gasteiger partial charge in [-0.15, -0.1) is 0 Å². The van der Waals surface area contributed by atoms with Crippen molar-refractivity contribution in [3.05, 3.63) is 35.1 Å². The van der Waals surface area contributed by atoms with Gasteiger partial charge in [0.1, 0.15) is 11.9 Å². The Balaban J connectivity index is 2.93. The zero-order chi connectivity index (χ0) is 14.6. The standard InChI is InChI=1S/C12H9F4NO2/c13-9-5-4-7(6-8(9)12(14,15)16)2-1-3-10(17)11(18)19/h4-6,10H,3,17H2,(H,18,19)/t10-/m0/s1. The minimum Gasteiger partial charge on any atom is -0.480 e. The molecule has 1 atom stereocenters. The third-order valence-electron chi connectivity index (χ3n) is 2.14. The third-order valence-corrected chi connectivity index (χ3v) is 2.14. The van der Waals surface area contributed by atoms with Crippen molar-refractivity contribution >= 4 is 5.97 Å². The van der Waals surface area contributed by atoms with E-state index < -0.39 is 29.6 Å². The lowest BCUT2D eigenvalue weighted by atomic mass is 10.1. The van der Waals surface area contributed by atoms with E-state index in [1.807, 2.05) is 0 Å². The number of carboxylic acid groups (broad SMARTS) is 1. The van der Waals surface area contributed by atoms with Crippen LogP contribution in [0.3, 0.4) is 0 Å². The Morgan fingerprint density at radius 2 is 2.05 bits per heavy atom. The maximum Gasteiger partial charge on any atom is 0.419 e. The predicted molar refractivity (Wildman–Crippen MR) is 58.5 cm³/mol. The average molecular weight is 275 g/mol. The molecule has 3 N–H and O–H groups in total. The van der Waals surface area contributed by atoms with Gasteiger partial charge in [0.05, 0.1) is 5.56 Å². The summed E-state index contributed by atoms with van der Waals surface area (Å²) in [6.07, 6.45) is -5.02. The summed E-state index contributed by atoms with van der Waals surface area (Å²) in [6.45, 7) is 0. The fourth-order valence-corrected chi connectivity index (χ4v) is 1.17. The van der Waals surface area contributed by atoms with Crippen LogP contribution in [-0.2, 0) is 11.0 Å². The molecular weight excluding hydrogens is 266 g/mol. The van der Waals surface area contributed by atoms with Crippen molar-refractivity contribution < 1.29 is 27.5 Å². The number of halogens is 4. The first-order chi connectivity index (χ1) is 8.71. The molecule has 0 aliphatic heterocycles. The number of carboxylic acids is 1. The fraction of sp³-hybridized carbons (Fsp3) is 0.250. The molecule has 0 spiro atoms. The molecule has 19 heavy (non-hydrogen) atoms. The van der Waals surface area contributed by atoms with Gasteiger partial charge in [-0.3, -0.25) is 4.79 Å². The molecule has 1 aromatic rings. The van der Waals surface area contributed by atoms with Crippen molar-refractivity contribution in [3.63, 3.8) is 0 Å². The number of alkyl halides is 3. The maximum atomic E-state index is 13.0. The van der Waals surface area contributed by atoms with Crippen molar-refractivity contribution in [2.24, 2.45) is 5.73 Å². The Kier molecular flexibility index (Phi) is 4.51. The molecular formula is C12H9F4NO2. The van der Waals surface area contributed by atoms with Gasteiger partial charge in [0.2, 0.25) is 0 Å². The molecule has 0 saturated carbocycles. The highest BCUT2D eigenvalue weighted by atomic mass is 19.4. The Bertz CT molecular complexity index is 543. The van der Waals surface area contributed by atoms with Crippen LogP contribution in [-0.4, -0.2) is 17.1 Å². The molecule has 0 bridgehead atoms. The fourth-order valence-electron chi connectivity index (χ4n) is 1.17. The summed E-state index contributed by atoms with van der Waals surface area (Å²) in [5.41, 5.74) is 3.68. The summed E-state index contributed by atoms with van der Waals surface area (Å²) >= 11 is 0. The van der Waals surface area contributed by atoms with E-state index in [9.17, 15) is 22.4 Å². The van der Waals surface area contributed by atoms with Gasteiger partial charge >= 0.3 is 12.1 Å². The molecule has 0 aromatic heterocycles. The van der Waals surface area contributed by atoms with Gasteiger partial charge in [-0.05, 0) is 18.2 Å². The van der Waals surface area contributed by atoms with Gasteiger partial charge < -0.3 is 10.8 Å². The third kappa shape index (κ3) is 4.26. The van der Waals surface area contributed by atoms with Crippen molar-refractivity contribution in [1.82, 2.24) is 0 Å². The second-order valence-corrected chi connectivity index (χ2v) is 3.64. The van der Waals surface area contributed by atoms with E-state index >= 15 is 0 Å². The second-order valence-electron chi connectivity index (χ2n) is 3.64. The van der Waals surface area contributed by atoms with Crippen molar-refractivity contribution in [1.29, 1.82) is 0 Å². The van der Waals surface area contributed by atoms with Crippen LogP contribution in [0.1, 0.15) is 17.5 Å². The topological polar surface area (TPSA) is 63.3 Å². The summed E-state index contributed by atoms with van der Waals surface area (Å²) in [5, 5.41) is 8.48. The van der Waals surface area contributed by atoms with Crippen LogP contribution in [0, 0.1) is 17.7 Å². The smallest absolute Gasteiger partial charge is 0.419 e. The molecule has 7 heteroatoms. The zero-order valence-corrected chi connectivity index (χ0v) is 9.46. The quantitative estimate of drug-likeness (QED) is 0.641. The molecule has 0 saturated heterocycles. The van der Waals surface area contributed by atoms with E-state index in [4.69, 9.17) is 10.8 Å². The van der Waals surface area contributed by atoms with Crippen molar-refractivity contribution in [2.45, 2.75) is 18.6 Å². The average Bonchev–Trinajstić information content (AvgIpc) is 2.29. The van der Waals surface area contributed by atoms with Crippen LogP contribution in [0.4, 0.5) is 17.6 Å². The van der Waals surface area contributed by atoms with Crippen molar-refractivity contribution in [2.75, 3.05) is 0 Å². The lowest BCUT2D eigenvalue weighted by Crippen LogP contribution is -2.29. The molecule has 0 radical (unpaired) electrons. The van der Waals surface area contributed by atoms with Crippen LogP contribution < -0.4 is 5.73 Å². The lowest BCUT2D eigenvalue weighted by Gasteiger charge is -2.07. The van der Waals surface area contributed by atoms with Crippen molar-refractivity contribution in [3.8, 4) is 11.8 Å². The second kappa shape index (κ2) is 5.71. The molecule has 0 amide bonds. The molecule has 0 fully saturated rings. The molecule has 0 unspecified atom stereocenters. The molecule has 1 aromatic carbocycles. The maximum absolute atomic E-state index is 13.0. The molecule has 0 aliphatic carbocycles. The molecule has 1 rings (SSSR count). The van der Waals surface area contributed by atoms with Gasteiger partial charge in [0, 0.05) is 12.0 Å². The summed E-state index contributed by atoms with van der Waals surface area (Å²) in [6, 6.07) is 1.08. The van der Waals surface area contributed by atoms with Crippen LogP contribution in [0.5, 0.6) is 0 Å². The monoisotopic (exact) mass is 275 g/mol. The van der Waals surface area contributed by atoms with Crippen LogP contribution in [0.2, 0.25) is 0 Å². The Morgan fingerprint density at radius 3 is 2.58 bits per heavy atom. The number of hydrogen-bond acceptors (Lipinski definition) is 2.